The molecule has 122 valence electrons. The van der Waals surface area contributed by atoms with Gasteiger partial charge in [0.25, 0.3) is 0 Å². The first kappa shape index (κ1) is 16.0. The minimum atomic E-state index is -0.00733. The summed E-state index contributed by atoms with van der Waals surface area (Å²) >= 11 is 1.54. The van der Waals surface area contributed by atoms with E-state index in [0.717, 1.165) is 41.5 Å². The standard InChI is InChI=1S/C17H20N2O3S/c1-21-14-6-4-12(5-7-14)17-19-13(11-23-17)9-16(20)18-10-15-3-2-8-22-15/h4-7,11,15H,2-3,8-10H2,1H3,(H,18,20)/t15-/m0/s1. The lowest BCUT2D eigenvalue weighted by atomic mass is 10.2. The Morgan fingerprint density at radius 2 is 2.26 bits per heavy atom. The molecule has 0 bridgehead atoms. The third kappa shape index (κ3) is 4.30. The molecule has 1 aromatic carbocycles. The summed E-state index contributed by atoms with van der Waals surface area (Å²) in [6.45, 7) is 1.39. The summed E-state index contributed by atoms with van der Waals surface area (Å²) in [5.41, 5.74) is 1.83. The van der Waals surface area contributed by atoms with Gasteiger partial charge in [-0.05, 0) is 37.1 Å². The van der Waals surface area contributed by atoms with Gasteiger partial charge in [-0.25, -0.2) is 4.98 Å². The topological polar surface area (TPSA) is 60.5 Å². The lowest BCUT2D eigenvalue weighted by molar-refractivity contribution is -0.121. The second-order valence-electron chi connectivity index (χ2n) is 5.49. The highest BCUT2D eigenvalue weighted by molar-refractivity contribution is 7.13. The first-order chi connectivity index (χ1) is 11.2. The van der Waals surface area contributed by atoms with Crippen molar-refractivity contribution in [2.75, 3.05) is 20.3 Å². The monoisotopic (exact) mass is 332 g/mol. The largest absolute Gasteiger partial charge is 0.497 e. The minimum Gasteiger partial charge on any atom is -0.497 e. The number of carbonyl (C=O) groups is 1. The molecule has 1 saturated heterocycles. The molecule has 0 radical (unpaired) electrons. The van der Waals surface area contributed by atoms with Gasteiger partial charge in [0, 0.05) is 24.1 Å². The van der Waals surface area contributed by atoms with Crippen molar-refractivity contribution in [3.8, 4) is 16.3 Å². The molecule has 1 fully saturated rings. The van der Waals surface area contributed by atoms with Crippen molar-refractivity contribution in [3.05, 3.63) is 35.3 Å². The van der Waals surface area contributed by atoms with E-state index in [1.807, 2.05) is 29.6 Å². The molecule has 5 nitrogen and oxygen atoms in total. The van der Waals surface area contributed by atoms with Gasteiger partial charge in [0.1, 0.15) is 10.8 Å². The number of methoxy groups -OCH3 is 1. The molecule has 0 spiro atoms. The Morgan fingerprint density at radius 1 is 1.43 bits per heavy atom. The Hall–Kier alpha value is -1.92. The van der Waals surface area contributed by atoms with Crippen molar-refractivity contribution in [1.29, 1.82) is 0 Å². The highest BCUT2D eigenvalue weighted by Gasteiger charge is 2.16. The zero-order valence-electron chi connectivity index (χ0n) is 13.1. The van der Waals surface area contributed by atoms with E-state index >= 15 is 0 Å². The van der Waals surface area contributed by atoms with Crippen LogP contribution in [0.4, 0.5) is 0 Å². The van der Waals surface area contributed by atoms with Gasteiger partial charge in [0.15, 0.2) is 0 Å². The van der Waals surface area contributed by atoms with Gasteiger partial charge >= 0.3 is 0 Å². The number of nitrogens with zero attached hydrogens (tertiary/aromatic N) is 1. The number of thiazole rings is 1. The maximum absolute atomic E-state index is 12.0. The van der Waals surface area contributed by atoms with Crippen LogP contribution in [-0.4, -0.2) is 37.3 Å². The van der Waals surface area contributed by atoms with Gasteiger partial charge in [0.05, 0.1) is 25.3 Å². The molecule has 3 rings (SSSR count). The number of hydrogen-bond acceptors (Lipinski definition) is 5. The van der Waals surface area contributed by atoms with E-state index in [2.05, 4.69) is 10.3 Å². The summed E-state index contributed by atoms with van der Waals surface area (Å²) in [5, 5.41) is 5.77. The van der Waals surface area contributed by atoms with Crippen LogP contribution in [0, 0.1) is 0 Å². The number of nitrogens with one attached hydrogen (secondary N) is 1. The summed E-state index contributed by atoms with van der Waals surface area (Å²) < 4.78 is 10.6. The third-order valence-electron chi connectivity index (χ3n) is 3.78. The Balaban J connectivity index is 1.54. The van der Waals surface area contributed by atoms with E-state index in [1.165, 1.54) is 0 Å². The first-order valence-corrected chi connectivity index (χ1v) is 8.59. The lowest BCUT2D eigenvalue weighted by Crippen LogP contribution is -2.32. The number of benzene rings is 1. The second-order valence-corrected chi connectivity index (χ2v) is 6.35. The molecule has 0 aliphatic carbocycles. The summed E-state index contributed by atoms with van der Waals surface area (Å²) in [4.78, 5) is 16.5. The van der Waals surface area contributed by atoms with E-state index in [4.69, 9.17) is 9.47 Å². The fourth-order valence-corrected chi connectivity index (χ4v) is 3.34. The molecule has 1 N–H and O–H groups in total. The molecule has 23 heavy (non-hydrogen) atoms. The summed E-state index contributed by atoms with van der Waals surface area (Å²) in [7, 11) is 1.64. The Labute approximate surface area is 139 Å². The molecule has 0 saturated carbocycles. The summed E-state index contributed by atoms with van der Waals surface area (Å²) in [6, 6.07) is 7.76. The number of carbonyl (C=O) groups excluding carboxylic acids is 1. The maximum atomic E-state index is 12.0. The summed E-state index contributed by atoms with van der Waals surface area (Å²) in [6.07, 6.45) is 2.58. The highest BCUT2D eigenvalue weighted by atomic mass is 32.1. The second kappa shape index (κ2) is 7.57. The number of ether oxygens (including phenoxy) is 2. The van der Waals surface area contributed by atoms with Crippen LogP contribution in [0.2, 0.25) is 0 Å². The molecular formula is C17H20N2O3S. The van der Waals surface area contributed by atoms with Crippen molar-refractivity contribution in [1.82, 2.24) is 10.3 Å². The quantitative estimate of drug-likeness (QED) is 0.883. The van der Waals surface area contributed by atoms with E-state index in [-0.39, 0.29) is 12.0 Å². The van der Waals surface area contributed by atoms with E-state index in [1.54, 1.807) is 18.4 Å². The Kier molecular flexibility index (Phi) is 5.25. The smallest absolute Gasteiger partial charge is 0.226 e. The molecule has 2 heterocycles. The van der Waals surface area contributed by atoms with Gasteiger partial charge in [-0.3, -0.25) is 4.79 Å². The molecule has 1 aliphatic heterocycles. The van der Waals surface area contributed by atoms with Crippen LogP contribution in [0.5, 0.6) is 5.75 Å². The number of rotatable bonds is 6. The van der Waals surface area contributed by atoms with Gasteiger partial charge in [0.2, 0.25) is 5.91 Å². The summed E-state index contributed by atoms with van der Waals surface area (Å²) in [5.74, 6) is 0.811. The van der Waals surface area contributed by atoms with Crippen molar-refractivity contribution in [3.63, 3.8) is 0 Å². The van der Waals surface area contributed by atoms with E-state index in [9.17, 15) is 4.79 Å². The van der Waals surface area contributed by atoms with Crippen LogP contribution in [0.3, 0.4) is 0 Å². The predicted molar refractivity (Wildman–Crippen MR) is 89.8 cm³/mol. The molecule has 1 aromatic heterocycles. The van der Waals surface area contributed by atoms with Crippen molar-refractivity contribution in [2.24, 2.45) is 0 Å². The fraction of sp³-hybridized carbons (Fsp3) is 0.412. The van der Waals surface area contributed by atoms with Crippen LogP contribution in [-0.2, 0) is 16.0 Å². The average Bonchev–Trinajstić information content (AvgIpc) is 3.25. The van der Waals surface area contributed by atoms with Gasteiger partial charge in [-0.15, -0.1) is 11.3 Å². The zero-order chi connectivity index (χ0) is 16.1. The number of amides is 1. The molecule has 6 heteroatoms. The molecular weight excluding hydrogens is 312 g/mol. The zero-order valence-corrected chi connectivity index (χ0v) is 13.9. The molecule has 0 unspecified atom stereocenters. The minimum absolute atomic E-state index is 0.00733. The number of hydrogen-bond donors (Lipinski definition) is 1. The van der Waals surface area contributed by atoms with Crippen molar-refractivity contribution in [2.45, 2.75) is 25.4 Å². The fourth-order valence-electron chi connectivity index (χ4n) is 2.51. The van der Waals surface area contributed by atoms with Crippen LogP contribution in [0.15, 0.2) is 29.6 Å². The van der Waals surface area contributed by atoms with Gasteiger partial charge < -0.3 is 14.8 Å². The van der Waals surface area contributed by atoms with Gasteiger partial charge in [-0.1, -0.05) is 0 Å². The van der Waals surface area contributed by atoms with E-state index in [0.29, 0.717) is 13.0 Å². The average molecular weight is 332 g/mol. The Bertz CT molecular complexity index is 648. The predicted octanol–water partition coefficient (Wildman–Crippen LogP) is 2.66. The third-order valence-corrected chi connectivity index (χ3v) is 4.72. The van der Waals surface area contributed by atoms with Crippen LogP contribution < -0.4 is 10.1 Å². The molecule has 1 atom stereocenters. The van der Waals surface area contributed by atoms with Gasteiger partial charge in [-0.2, -0.15) is 0 Å². The molecule has 1 aliphatic rings. The lowest BCUT2D eigenvalue weighted by Gasteiger charge is -2.09. The van der Waals surface area contributed by atoms with Crippen LogP contribution in [0.1, 0.15) is 18.5 Å². The molecule has 2 aromatic rings. The van der Waals surface area contributed by atoms with E-state index < -0.39 is 0 Å². The maximum Gasteiger partial charge on any atom is 0.226 e. The Morgan fingerprint density at radius 3 is 2.96 bits per heavy atom. The van der Waals surface area contributed by atoms with Crippen LogP contribution in [0.25, 0.3) is 10.6 Å². The SMILES string of the molecule is COc1ccc(-c2nc(CC(=O)NC[C@@H]3CCCO3)cs2)cc1. The molecule has 1 amide bonds. The normalized spacial score (nSPS) is 17.2. The van der Waals surface area contributed by atoms with Crippen LogP contribution >= 0.6 is 11.3 Å². The first-order valence-electron chi connectivity index (χ1n) is 7.72. The van der Waals surface area contributed by atoms with Crippen molar-refractivity contribution < 1.29 is 14.3 Å². The number of aromatic nitrogens is 1. The highest BCUT2D eigenvalue weighted by Crippen LogP contribution is 2.25. The van der Waals surface area contributed by atoms with Crippen molar-refractivity contribution >= 4 is 17.2 Å².